The van der Waals surface area contributed by atoms with E-state index in [1.165, 1.54) is 19.1 Å². The maximum atomic E-state index is 13.1. The predicted molar refractivity (Wildman–Crippen MR) is 172 cm³/mol. The minimum atomic E-state index is -0.317. The molecule has 0 saturated carbocycles. The number of nitrogens with zero attached hydrogens (tertiary/aromatic N) is 5. The van der Waals surface area contributed by atoms with E-state index in [9.17, 15) is 18.8 Å². The van der Waals surface area contributed by atoms with E-state index >= 15 is 0 Å². The fraction of sp³-hybridized carbons (Fsp3) is 0.206. The van der Waals surface area contributed by atoms with Crippen molar-refractivity contribution in [3.05, 3.63) is 114 Å². The number of fused-ring (bicyclic) bond motifs is 1. The van der Waals surface area contributed by atoms with Gasteiger partial charge in [0.25, 0.3) is 11.8 Å². The van der Waals surface area contributed by atoms with Crippen molar-refractivity contribution in [2.75, 3.05) is 39.2 Å². The van der Waals surface area contributed by atoms with E-state index in [0.717, 1.165) is 16.7 Å². The lowest BCUT2D eigenvalue weighted by Gasteiger charge is -2.21. The monoisotopic (exact) mass is 623 g/mol. The molecule has 5 aromatic rings. The molecule has 0 bridgehead atoms. The Balaban J connectivity index is 1.12. The molecule has 0 radical (unpaired) electrons. The minimum absolute atomic E-state index is 0.0494. The van der Waals surface area contributed by atoms with Crippen molar-refractivity contribution < 1.29 is 23.5 Å². The number of anilines is 1. The van der Waals surface area contributed by atoms with Gasteiger partial charge < -0.3 is 25.2 Å². The van der Waals surface area contributed by atoms with Crippen molar-refractivity contribution in [1.82, 2.24) is 29.7 Å². The molecule has 0 fully saturated rings. The lowest BCUT2D eigenvalue weighted by atomic mass is 10.1. The zero-order valence-electron chi connectivity index (χ0n) is 25.7. The summed E-state index contributed by atoms with van der Waals surface area (Å²) in [5.41, 5.74) is 4.29. The molecule has 2 N–H and O–H groups in total. The molecule has 12 heteroatoms. The molecule has 5 rings (SSSR count). The van der Waals surface area contributed by atoms with Gasteiger partial charge in [0.1, 0.15) is 11.6 Å². The molecule has 3 amide bonds. The van der Waals surface area contributed by atoms with Gasteiger partial charge in [0.15, 0.2) is 12.4 Å². The Morgan fingerprint density at radius 2 is 1.48 bits per heavy atom. The van der Waals surface area contributed by atoms with Gasteiger partial charge in [-0.1, -0.05) is 24.3 Å². The fourth-order valence-corrected chi connectivity index (χ4v) is 4.49. The van der Waals surface area contributed by atoms with E-state index in [0.29, 0.717) is 48.1 Å². The van der Waals surface area contributed by atoms with Gasteiger partial charge in [-0.25, -0.2) is 8.91 Å². The van der Waals surface area contributed by atoms with E-state index in [1.54, 1.807) is 76.9 Å². The molecule has 11 nitrogen and oxygen atoms in total. The van der Waals surface area contributed by atoms with Crippen LogP contribution in [-0.2, 0) is 11.3 Å². The average Bonchev–Trinajstić information content (AvgIpc) is 3.48. The average molecular weight is 624 g/mol. The maximum absolute atomic E-state index is 13.1. The van der Waals surface area contributed by atoms with Crippen LogP contribution in [0.5, 0.6) is 5.75 Å². The number of nitrogens with one attached hydrogen (secondary N) is 2. The molecule has 0 aliphatic rings. The number of aromatic nitrogens is 3. The Hall–Kier alpha value is -5.78. The molecule has 0 atom stereocenters. The van der Waals surface area contributed by atoms with Crippen molar-refractivity contribution in [2.24, 2.45) is 0 Å². The minimum Gasteiger partial charge on any atom is -0.473 e. The number of hydrogen-bond donors (Lipinski definition) is 2. The van der Waals surface area contributed by atoms with E-state index in [2.05, 4.69) is 20.7 Å². The predicted octanol–water partition coefficient (Wildman–Crippen LogP) is 4.46. The Morgan fingerprint density at radius 1 is 0.826 bits per heavy atom. The normalized spacial score (nSPS) is 10.8. The highest BCUT2D eigenvalue weighted by Gasteiger charge is 2.13. The largest absolute Gasteiger partial charge is 0.473 e. The Kier molecular flexibility index (Phi) is 9.86. The van der Waals surface area contributed by atoms with Crippen molar-refractivity contribution in [2.45, 2.75) is 13.5 Å². The highest BCUT2D eigenvalue weighted by molar-refractivity contribution is 5.95. The first kappa shape index (κ1) is 31.6. The highest BCUT2D eigenvalue weighted by Crippen LogP contribution is 2.21. The number of carbonyl (C=O) groups is 3. The highest BCUT2D eigenvalue weighted by atomic mass is 19.1. The molecular weight excluding hydrogens is 589 g/mol. The van der Waals surface area contributed by atoms with Crippen LogP contribution in [0.1, 0.15) is 33.2 Å². The van der Waals surface area contributed by atoms with Crippen molar-refractivity contribution in [3.63, 3.8) is 0 Å². The van der Waals surface area contributed by atoms with Gasteiger partial charge in [-0.3, -0.25) is 14.4 Å². The Morgan fingerprint density at radius 3 is 2.17 bits per heavy atom. The third-order valence-corrected chi connectivity index (χ3v) is 7.40. The van der Waals surface area contributed by atoms with Gasteiger partial charge in [-0.15, -0.1) is 5.10 Å². The van der Waals surface area contributed by atoms with Crippen LogP contribution in [0.25, 0.3) is 16.8 Å². The van der Waals surface area contributed by atoms with Crippen molar-refractivity contribution >= 4 is 29.3 Å². The number of ether oxygens (including phenoxy) is 1. The molecule has 0 aliphatic carbocycles. The first-order valence-corrected chi connectivity index (χ1v) is 14.6. The summed E-state index contributed by atoms with van der Waals surface area (Å²) in [4.78, 5) is 44.2. The second kappa shape index (κ2) is 14.3. The van der Waals surface area contributed by atoms with E-state index in [4.69, 9.17) is 4.74 Å². The smallest absolute Gasteiger partial charge is 0.253 e. The van der Waals surface area contributed by atoms with Crippen LogP contribution in [0.15, 0.2) is 91.1 Å². The van der Waals surface area contributed by atoms with Gasteiger partial charge in [-0.05, 0) is 71.8 Å². The molecule has 46 heavy (non-hydrogen) atoms. The molecule has 0 unspecified atom stereocenters. The van der Waals surface area contributed by atoms with Crippen molar-refractivity contribution in [3.8, 4) is 16.9 Å². The standard InChI is InChI=1S/C34H34FN7O4/c1-23(43)40(2)18-19-41(3)33(45)27-10-15-30(16-11-27)46-22-37-34-38-31-17-12-28(21-42(31)39-34)25-6-8-26(9-7-25)32(44)36-20-24-4-13-29(35)14-5-24/h4-17,21H,18-20,22H2,1-3H3,(H,36,44)(H,37,39). The van der Waals surface area contributed by atoms with Gasteiger partial charge in [0, 0.05) is 63.5 Å². The summed E-state index contributed by atoms with van der Waals surface area (Å²) in [5.74, 6) is 0.225. The maximum Gasteiger partial charge on any atom is 0.253 e. The van der Waals surface area contributed by atoms with E-state index in [-0.39, 0.29) is 30.3 Å². The quantitative estimate of drug-likeness (QED) is 0.197. The molecule has 0 aliphatic heterocycles. The van der Waals surface area contributed by atoms with Crippen LogP contribution in [0.4, 0.5) is 10.3 Å². The number of halogens is 1. The first-order chi connectivity index (χ1) is 22.2. The molecule has 0 saturated heterocycles. The number of benzene rings is 3. The fourth-order valence-electron chi connectivity index (χ4n) is 4.49. The van der Waals surface area contributed by atoms with Gasteiger partial charge in [0.05, 0.1) is 0 Å². The number of likely N-dealkylation sites (N-methyl/N-ethyl adjacent to an activating group) is 2. The lowest BCUT2D eigenvalue weighted by Crippen LogP contribution is -2.36. The summed E-state index contributed by atoms with van der Waals surface area (Å²) < 4.78 is 20.5. The van der Waals surface area contributed by atoms with Crippen LogP contribution in [-0.4, -0.2) is 76.0 Å². The number of carbonyl (C=O) groups excluding carboxylic acids is 3. The molecule has 2 heterocycles. The molecule has 2 aromatic heterocycles. The molecule has 0 spiro atoms. The third kappa shape index (κ3) is 8.03. The molecule has 236 valence electrons. The summed E-state index contributed by atoms with van der Waals surface area (Å²) in [6.07, 6.45) is 1.85. The van der Waals surface area contributed by atoms with Gasteiger partial charge in [-0.2, -0.15) is 4.98 Å². The number of hydrogen-bond acceptors (Lipinski definition) is 7. The number of amides is 3. The van der Waals surface area contributed by atoms with Crippen LogP contribution >= 0.6 is 0 Å². The lowest BCUT2D eigenvalue weighted by molar-refractivity contribution is -0.127. The zero-order chi connectivity index (χ0) is 32.6. The molecular formula is C34H34FN7O4. The van der Waals surface area contributed by atoms with Crippen LogP contribution in [0.2, 0.25) is 0 Å². The summed E-state index contributed by atoms with van der Waals surface area (Å²) in [5, 5.41) is 10.4. The molecule has 3 aromatic carbocycles. The number of pyridine rings is 1. The second-order valence-corrected chi connectivity index (χ2v) is 10.7. The summed E-state index contributed by atoms with van der Waals surface area (Å²) in [6, 6.07) is 23.8. The number of rotatable bonds is 12. The van der Waals surface area contributed by atoms with Gasteiger partial charge >= 0.3 is 0 Å². The van der Waals surface area contributed by atoms with Crippen LogP contribution in [0, 0.1) is 5.82 Å². The van der Waals surface area contributed by atoms with Crippen LogP contribution in [0.3, 0.4) is 0 Å². The van der Waals surface area contributed by atoms with Crippen molar-refractivity contribution in [1.29, 1.82) is 0 Å². The second-order valence-electron chi connectivity index (χ2n) is 10.7. The summed E-state index contributed by atoms with van der Waals surface area (Å²) in [6.45, 7) is 2.79. The van der Waals surface area contributed by atoms with Crippen LogP contribution < -0.4 is 15.4 Å². The zero-order valence-corrected chi connectivity index (χ0v) is 25.7. The Labute approximate surface area is 265 Å². The Bertz CT molecular complexity index is 1820. The topological polar surface area (TPSA) is 121 Å². The summed E-state index contributed by atoms with van der Waals surface area (Å²) in [7, 11) is 3.40. The SMILES string of the molecule is CC(=O)N(C)CCN(C)C(=O)c1ccc(OCNc2nc3ccc(-c4ccc(C(=O)NCc5ccc(F)cc5)cc4)cn3n2)cc1. The third-order valence-electron chi connectivity index (χ3n) is 7.40. The summed E-state index contributed by atoms with van der Waals surface area (Å²) >= 11 is 0. The van der Waals surface area contributed by atoms with Gasteiger partial charge in [0.2, 0.25) is 11.9 Å². The van der Waals surface area contributed by atoms with E-state index in [1.807, 2.05) is 30.5 Å². The van der Waals surface area contributed by atoms with E-state index < -0.39 is 0 Å². The first-order valence-electron chi connectivity index (χ1n) is 14.6.